The Balaban J connectivity index is 3.11. The van der Waals surface area contributed by atoms with Gasteiger partial charge in [0.25, 0.3) is 11.8 Å². The molecule has 0 aromatic heterocycles. The number of hydrogen-bond donors (Lipinski definition) is 0. The molecule has 0 bridgehead atoms. The van der Waals surface area contributed by atoms with Crippen molar-refractivity contribution in [3.05, 3.63) is 35.1 Å². The quantitative estimate of drug-likeness (QED) is 0.768. The normalized spacial score (nSPS) is 11.4. The van der Waals surface area contributed by atoms with Crippen molar-refractivity contribution in [2.45, 2.75) is 12.8 Å². The summed E-state index contributed by atoms with van der Waals surface area (Å²) in [5.41, 5.74) is -0.797. The Kier molecular flexibility index (Phi) is 3.77. The Morgan fingerprint density at radius 1 is 1.41 bits per heavy atom. The van der Waals surface area contributed by atoms with Gasteiger partial charge in [0.1, 0.15) is 5.82 Å². The minimum atomic E-state index is -3.14. The predicted molar refractivity (Wildman–Crippen MR) is 55.1 cm³/mol. The fourth-order valence-corrected chi connectivity index (χ4v) is 1.21. The molecule has 3 nitrogen and oxygen atoms in total. The number of benzene rings is 1. The Morgan fingerprint density at radius 3 is 2.41 bits per heavy atom. The highest BCUT2D eigenvalue weighted by Crippen LogP contribution is 2.28. The standard InChI is InChI=1S/C11H12F3NO2/c1-11(13,14)7-4-5-8(9(12)6-7)10(16)15(2)17-3/h4-6H,1-3H3. The van der Waals surface area contributed by atoms with Crippen molar-refractivity contribution in [1.82, 2.24) is 5.06 Å². The number of hydrogen-bond acceptors (Lipinski definition) is 2. The number of carbonyl (C=O) groups excluding carboxylic acids is 1. The van der Waals surface area contributed by atoms with Crippen LogP contribution in [0.15, 0.2) is 18.2 Å². The molecule has 0 aliphatic carbocycles. The van der Waals surface area contributed by atoms with E-state index in [1.807, 2.05) is 0 Å². The molecule has 1 aromatic rings. The summed E-state index contributed by atoms with van der Waals surface area (Å²) in [6, 6.07) is 2.68. The van der Waals surface area contributed by atoms with E-state index in [4.69, 9.17) is 0 Å². The molecule has 1 aromatic carbocycles. The lowest BCUT2D eigenvalue weighted by molar-refractivity contribution is -0.0759. The van der Waals surface area contributed by atoms with Crippen LogP contribution < -0.4 is 0 Å². The SMILES string of the molecule is CON(C)C(=O)c1ccc(C(C)(F)F)cc1F. The van der Waals surface area contributed by atoms with Crippen molar-refractivity contribution >= 4 is 5.91 Å². The van der Waals surface area contributed by atoms with E-state index in [0.29, 0.717) is 13.0 Å². The van der Waals surface area contributed by atoms with Crippen LogP contribution >= 0.6 is 0 Å². The first kappa shape index (κ1) is 13.5. The van der Waals surface area contributed by atoms with Gasteiger partial charge in [0, 0.05) is 19.5 Å². The van der Waals surface area contributed by atoms with Crippen LogP contribution in [0.1, 0.15) is 22.8 Å². The topological polar surface area (TPSA) is 29.5 Å². The Morgan fingerprint density at radius 2 is 2.00 bits per heavy atom. The average Bonchev–Trinajstić information content (AvgIpc) is 2.25. The molecule has 17 heavy (non-hydrogen) atoms. The molecule has 6 heteroatoms. The molecular weight excluding hydrogens is 235 g/mol. The summed E-state index contributed by atoms with van der Waals surface area (Å²) in [4.78, 5) is 16.1. The predicted octanol–water partition coefficient (Wildman–Crippen LogP) is 2.57. The van der Waals surface area contributed by atoms with E-state index < -0.39 is 23.2 Å². The highest BCUT2D eigenvalue weighted by atomic mass is 19.3. The first-order chi connectivity index (χ1) is 7.77. The Hall–Kier alpha value is -1.56. The number of nitrogens with zero attached hydrogens (tertiary/aromatic N) is 1. The molecule has 1 amide bonds. The van der Waals surface area contributed by atoms with Gasteiger partial charge in [-0.2, -0.15) is 0 Å². The van der Waals surface area contributed by atoms with Crippen LogP contribution in [0.2, 0.25) is 0 Å². The van der Waals surface area contributed by atoms with Gasteiger partial charge in [0.05, 0.1) is 12.7 Å². The van der Waals surface area contributed by atoms with Crippen LogP contribution in [-0.4, -0.2) is 25.1 Å². The van der Waals surface area contributed by atoms with E-state index in [-0.39, 0.29) is 5.56 Å². The summed E-state index contributed by atoms with van der Waals surface area (Å²) in [7, 11) is 2.54. The third-order valence-electron chi connectivity index (χ3n) is 2.27. The summed E-state index contributed by atoms with van der Waals surface area (Å²) in [6.07, 6.45) is 0. The summed E-state index contributed by atoms with van der Waals surface area (Å²) in [5, 5.41) is 0.808. The summed E-state index contributed by atoms with van der Waals surface area (Å²) >= 11 is 0. The maximum absolute atomic E-state index is 13.5. The van der Waals surface area contributed by atoms with E-state index >= 15 is 0 Å². The van der Waals surface area contributed by atoms with Crippen LogP contribution in [0.3, 0.4) is 0 Å². The van der Waals surface area contributed by atoms with Gasteiger partial charge in [-0.15, -0.1) is 0 Å². The van der Waals surface area contributed by atoms with Crippen molar-refractivity contribution < 1.29 is 22.8 Å². The monoisotopic (exact) mass is 247 g/mol. The maximum Gasteiger partial charge on any atom is 0.280 e. The zero-order valence-electron chi connectivity index (χ0n) is 9.63. The zero-order chi connectivity index (χ0) is 13.2. The van der Waals surface area contributed by atoms with Crippen LogP contribution in [0.5, 0.6) is 0 Å². The van der Waals surface area contributed by atoms with Gasteiger partial charge in [-0.1, -0.05) is 6.07 Å². The highest BCUT2D eigenvalue weighted by Gasteiger charge is 2.26. The minimum absolute atomic E-state index is 0.317. The number of carbonyl (C=O) groups is 1. The minimum Gasteiger partial charge on any atom is -0.274 e. The number of rotatable bonds is 3. The molecule has 0 heterocycles. The molecule has 0 radical (unpaired) electrons. The maximum atomic E-state index is 13.5. The van der Waals surface area contributed by atoms with E-state index in [9.17, 15) is 18.0 Å². The molecule has 0 spiro atoms. The average molecular weight is 247 g/mol. The van der Waals surface area contributed by atoms with Crippen LogP contribution in [0, 0.1) is 5.82 Å². The highest BCUT2D eigenvalue weighted by molar-refractivity contribution is 5.93. The molecule has 0 saturated carbocycles. The molecule has 0 atom stereocenters. The van der Waals surface area contributed by atoms with Gasteiger partial charge in [0.15, 0.2) is 0 Å². The molecule has 94 valence electrons. The number of halogens is 3. The van der Waals surface area contributed by atoms with Crippen molar-refractivity contribution in [2.24, 2.45) is 0 Å². The number of amides is 1. The fourth-order valence-electron chi connectivity index (χ4n) is 1.21. The first-order valence-corrected chi connectivity index (χ1v) is 4.77. The molecular formula is C11H12F3NO2. The zero-order valence-corrected chi connectivity index (χ0v) is 9.63. The van der Waals surface area contributed by atoms with Crippen LogP contribution in [0.4, 0.5) is 13.2 Å². The summed E-state index contributed by atoms with van der Waals surface area (Å²) < 4.78 is 39.3. The fraction of sp³-hybridized carbons (Fsp3) is 0.364. The van der Waals surface area contributed by atoms with E-state index in [0.717, 1.165) is 17.2 Å². The van der Waals surface area contributed by atoms with Crippen molar-refractivity contribution in [2.75, 3.05) is 14.2 Å². The Labute approximate surface area is 96.7 Å². The summed E-state index contributed by atoms with van der Waals surface area (Å²) in [6.45, 7) is 0.657. The molecule has 0 aliphatic rings. The van der Waals surface area contributed by atoms with Gasteiger partial charge in [-0.3, -0.25) is 9.63 Å². The second-order valence-electron chi connectivity index (χ2n) is 3.57. The molecule has 0 aliphatic heterocycles. The second-order valence-corrected chi connectivity index (χ2v) is 3.57. The van der Waals surface area contributed by atoms with Crippen LogP contribution in [-0.2, 0) is 10.8 Å². The van der Waals surface area contributed by atoms with E-state index in [1.54, 1.807) is 0 Å². The lowest BCUT2D eigenvalue weighted by Gasteiger charge is -2.15. The molecule has 0 saturated heterocycles. The van der Waals surface area contributed by atoms with Gasteiger partial charge in [0.2, 0.25) is 0 Å². The molecule has 0 N–H and O–H groups in total. The number of alkyl halides is 2. The summed E-state index contributed by atoms with van der Waals surface area (Å²) in [5.74, 6) is -4.89. The lowest BCUT2D eigenvalue weighted by atomic mass is 10.1. The third-order valence-corrected chi connectivity index (χ3v) is 2.27. The molecule has 0 fully saturated rings. The first-order valence-electron chi connectivity index (χ1n) is 4.77. The second kappa shape index (κ2) is 4.75. The van der Waals surface area contributed by atoms with Crippen molar-refractivity contribution in [1.29, 1.82) is 0 Å². The molecule has 1 rings (SSSR count). The van der Waals surface area contributed by atoms with E-state index in [2.05, 4.69) is 4.84 Å². The van der Waals surface area contributed by atoms with Gasteiger partial charge in [-0.25, -0.2) is 18.2 Å². The Bertz CT molecular complexity index is 429. The van der Waals surface area contributed by atoms with Gasteiger partial charge < -0.3 is 0 Å². The van der Waals surface area contributed by atoms with Gasteiger partial charge >= 0.3 is 0 Å². The lowest BCUT2D eigenvalue weighted by Crippen LogP contribution is -2.26. The molecule has 0 unspecified atom stereocenters. The van der Waals surface area contributed by atoms with E-state index in [1.165, 1.54) is 14.2 Å². The van der Waals surface area contributed by atoms with Crippen molar-refractivity contribution in [3.63, 3.8) is 0 Å². The van der Waals surface area contributed by atoms with Crippen LogP contribution in [0.25, 0.3) is 0 Å². The largest absolute Gasteiger partial charge is 0.280 e. The van der Waals surface area contributed by atoms with Gasteiger partial charge in [-0.05, 0) is 12.1 Å². The van der Waals surface area contributed by atoms with Crippen molar-refractivity contribution in [3.8, 4) is 0 Å². The smallest absolute Gasteiger partial charge is 0.274 e. The number of hydroxylamine groups is 2. The third kappa shape index (κ3) is 2.97.